The molecule has 96 valence electrons. The Labute approximate surface area is 112 Å². The van der Waals surface area contributed by atoms with Gasteiger partial charge in [0.2, 0.25) is 0 Å². The van der Waals surface area contributed by atoms with E-state index in [0.29, 0.717) is 0 Å². The minimum absolute atomic E-state index is 0.155. The molecule has 18 heavy (non-hydrogen) atoms. The number of ether oxygens (including phenoxy) is 1. The Morgan fingerprint density at radius 3 is 2.72 bits per heavy atom. The molecule has 0 amide bonds. The van der Waals surface area contributed by atoms with E-state index in [4.69, 9.17) is 16.3 Å². The first kappa shape index (κ1) is 13.0. The van der Waals surface area contributed by atoms with Gasteiger partial charge < -0.3 is 9.30 Å². The van der Waals surface area contributed by atoms with Gasteiger partial charge in [0.15, 0.2) is 0 Å². The molecule has 0 radical (unpaired) electrons. The highest BCUT2D eigenvalue weighted by Gasteiger charge is 2.06. The highest BCUT2D eigenvalue weighted by molar-refractivity contribution is 6.31. The second kappa shape index (κ2) is 5.44. The highest BCUT2D eigenvalue weighted by atomic mass is 35.5. The summed E-state index contributed by atoms with van der Waals surface area (Å²) < 4.78 is 7.67. The van der Waals surface area contributed by atoms with Crippen molar-refractivity contribution in [3.05, 3.63) is 47.0 Å². The zero-order valence-corrected chi connectivity index (χ0v) is 11.6. The van der Waals surface area contributed by atoms with Crippen molar-refractivity contribution < 1.29 is 4.74 Å². The van der Waals surface area contributed by atoms with Gasteiger partial charge in [-0.05, 0) is 38.5 Å². The van der Waals surface area contributed by atoms with Crippen molar-refractivity contribution in [2.24, 2.45) is 0 Å². The summed E-state index contributed by atoms with van der Waals surface area (Å²) >= 11 is 6.27. The predicted molar refractivity (Wildman–Crippen MR) is 73.3 cm³/mol. The van der Waals surface area contributed by atoms with Crippen molar-refractivity contribution in [1.29, 1.82) is 0 Å². The number of benzene rings is 1. The molecule has 0 atom stereocenters. The fraction of sp³-hybridized carbons (Fsp3) is 0.357. The second-order valence-electron chi connectivity index (χ2n) is 4.52. The predicted octanol–water partition coefficient (Wildman–Crippen LogP) is 3.68. The van der Waals surface area contributed by atoms with E-state index in [9.17, 15) is 0 Å². The van der Waals surface area contributed by atoms with Crippen LogP contribution in [0, 0.1) is 6.92 Å². The number of imidazole rings is 1. The van der Waals surface area contributed by atoms with Crippen molar-refractivity contribution in [2.75, 3.05) is 0 Å². The maximum Gasteiger partial charge on any atom is 0.121 e. The topological polar surface area (TPSA) is 27.1 Å². The third kappa shape index (κ3) is 3.05. The molecule has 0 aliphatic carbocycles. The lowest BCUT2D eigenvalue weighted by Crippen LogP contribution is -2.06. The summed E-state index contributed by atoms with van der Waals surface area (Å²) in [5.41, 5.74) is 1.06. The molecular formula is C14H17ClN2O. The van der Waals surface area contributed by atoms with E-state index in [1.165, 1.54) is 0 Å². The van der Waals surface area contributed by atoms with E-state index in [1.807, 2.05) is 45.2 Å². The molecule has 1 heterocycles. The lowest BCUT2D eigenvalue weighted by molar-refractivity contribution is 0.242. The summed E-state index contributed by atoms with van der Waals surface area (Å²) in [5, 5.41) is 0.723. The number of aryl methyl sites for hydroxylation is 1. The van der Waals surface area contributed by atoms with Gasteiger partial charge in [0.05, 0.1) is 12.6 Å². The van der Waals surface area contributed by atoms with Crippen molar-refractivity contribution in [2.45, 2.75) is 33.4 Å². The minimum Gasteiger partial charge on any atom is -0.491 e. The Morgan fingerprint density at radius 2 is 2.17 bits per heavy atom. The lowest BCUT2D eigenvalue weighted by atomic mass is 10.2. The number of hydrogen-bond acceptors (Lipinski definition) is 2. The zero-order chi connectivity index (χ0) is 13.1. The molecule has 2 aromatic rings. The normalized spacial score (nSPS) is 10.9. The number of hydrogen-bond donors (Lipinski definition) is 0. The first-order chi connectivity index (χ1) is 8.56. The smallest absolute Gasteiger partial charge is 0.121 e. The van der Waals surface area contributed by atoms with Gasteiger partial charge in [0.1, 0.15) is 11.6 Å². The quantitative estimate of drug-likeness (QED) is 0.842. The molecule has 0 bridgehead atoms. The number of rotatable bonds is 4. The van der Waals surface area contributed by atoms with Crippen LogP contribution in [0.4, 0.5) is 0 Å². The summed E-state index contributed by atoms with van der Waals surface area (Å²) in [4.78, 5) is 4.19. The highest BCUT2D eigenvalue weighted by Crippen LogP contribution is 2.24. The lowest BCUT2D eigenvalue weighted by Gasteiger charge is -2.12. The van der Waals surface area contributed by atoms with Crippen molar-refractivity contribution >= 4 is 11.6 Å². The van der Waals surface area contributed by atoms with Gasteiger partial charge in [-0.25, -0.2) is 4.98 Å². The van der Waals surface area contributed by atoms with E-state index >= 15 is 0 Å². The van der Waals surface area contributed by atoms with Crippen molar-refractivity contribution in [3.8, 4) is 5.75 Å². The van der Waals surface area contributed by atoms with E-state index in [1.54, 1.807) is 6.20 Å². The molecule has 4 heteroatoms. The van der Waals surface area contributed by atoms with Crippen LogP contribution in [0.5, 0.6) is 5.75 Å². The molecule has 0 N–H and O–H groups in total. The summed E-state index contributed by atoms with van der Waals surface area (Å²) in [6.07, 6.45) is 3.90. The van der Waals surface area contributed by atoms with Gasteiger partial charge in [-0.2, -0.15) is 0 Å². The Morgan fingerprint density at radius 1 is 1.39 bits per heavy atom. The first-order valence-corrected chi connectivity index (χ1v) is 6.37. The standard InChI is InChI=1S/C14H17ClN2O/c1-10(2)18-13-5-4-12(14(15)8-13)9-17-7-6-16-11(17)3/h4-8,10H,9H2,1-3H3. The molecule has 3 nitrogen and oxygen atoms in total. The van der Waals surface area contributed by atoms with Crippen LogP contribution >= 0.6 is 11.6 Å². The van der Waals surface area contributed by atoms with Gasteiger partial charge in [0, 0.05) is 17.4 Å². The summed E-state index contributed by atoms with van der Waals surface area (Å²) in [7, 11) is 0. The summed E-state index contributed by atoms with van der Waals surface area (Å²) in [6, 6.07) is 5.82. The maximum absolute atomic E-state index is 6.27. The molecule has 1 aromatic heterocycles. The molecule has 0 saturated heterocycles. The van der Waals surface area contributed by atoms with Gasteiger partial charge >= 0.3 is 0 Å². The Bertz CT molecular complexity index is 534. The Hall–Kier alpha value is -1.48. The number of aromatic nitrogens is 2. The van der Waals surface area contributed by atoms with Crippen LogP contribution < -0.4 is 4.74 Å². The molecule has 0 fully saturated rings. The molecule has 0 saturated carbocycles. The number of halogens is 1. The summed E-state index contributed by atoms with van der Waals surface area (Å²) in [6.45, 7) is 6.70. The molecule has 0 aliphatic heterocycles. The average Bonchev–Trinajstić information content (AvgIpc) is 2.67. The van der Waals surface area contributed by atoms with Crippen LogP contribution in [-0.4, -0.2) is 15.7 Å². The fourth-order valence-electron chi connectivity index (χ4n) is 1.76. The van der Waals surface area contributed by atoms with E-state index in [0.717, 1.165) is 28.7 Å². The zero-order valence-electron chi connectivity index (χ0n) is 10.9. The van der Waals surface area contributed by atoms with E-state index in [-0.39, 0.29) is 6.10 Å². The van der Waals surface area contributed by atoms with Gasteiger partial charge in [-0.15, -0.1) is 0 Å². The van der Waals surface area contributed by atoms with Crippen molar-refractivity contribution in [1.82, 2.24) is 9.55 Å². The third-order valence-electron chi connectivity index (χ3n) is 2.66. The molecule has 0 aliphatic rings. The SMILES string of the molecule is Cc1nccn1Cc1ccc(OC(C)C)cc1Cl. The minimum atomic E-state index is 0.155. The van der Waals surface area contributed by atoms with Crippen LogP contribution in [0.3, 0.4) is 0 Å². The van der Waals surface area contributed by atoms with Gasteiger partial charge in [-0.1, -0.05) is 17.7 Å². The fourth-order valence-corrected chi connectivity index (χ4v) is 1.99. The van der Waals surface area contributed by atoms with E-state index in [2.05, 4.69) is 9.55 Å². The monoisotopic (exact) mass is 264 g/mol. The van der Waals surface area contributed by atoms with Gasteiger partial charge in [0.25, 0.3) is 0 Å². The summed E-state index contributed by atoms with van der Waals surface area (Å²) in [5.74, 6) is 1.79. The second-order valence-corrected chi connectivity index (χ2v) is 4.93. The number of nitrogens with zero attached hydrogens (tertiary/aromatic N) is 2. The third-order valence-corrected chi connectivity index (χ3v) is 3.01. The van der Waals surface area contributed by atoms with Crippen LogP contribution in [0.2, 0.25) is 5.02 Å². The van der Waals surface area contributed by atoms with Gasteiger partial charge in [-0.3, -0.25) is 0 Å². The van der Waals surface area contributed by atoms with Crippen molar-refractivity contribution in [3.63, 3.8) is 0 Å². The van der Waals surface area contributed by atoms with E-state index < -0.39 is 0 Å². The first-order valence-electron chi connectivity index (χ1n) is 5.99. The Kier molecular flexibility index (Phi) is 3.92. The molecule has 0 unspecified atom stereocenters. The van der Waals surface area contributed by atoms with Crippen LogP contribution in [-0.2, 0) is 6.54 Å². The molecule has 1 aromatic carbocycles. The molecule has 0 spiro atoms. The average molecular weight is 265 g/mol. The van der Waals surface area contributed by atoms with Crippen LogP contribution in [0.25, 0.3) is 0 Å². The largest absolute Gasteiger partial charge is 0.491 e. The van der Waals surface area contributed by atoms with Crippen LogP contribution in [0.15, 0.2) is 30.6 Å². The molecule has 2 rings (SSSR count). The Balaban J connectivity index is 2.17. The molecular weight excluding hydrogens is 248 g/mol. The maximum atomic E-state index is 6.27. The van der Waals surface area contributed by atoms with Crippen LogP contribution in [0.1, 0.15) is 25.2 Å².